The molecule has 6 rings (SSSR count). The van der Waals surface area contributed by atoms with E-state index in [-0.39, 0.29) is 17.2 Å². The molecule has 3 fully saturated rings. The summed E-state index contributed by atoms with van der Waals surface area (Å²) in [6.07, 6.45) is 5.39. The van der Waals surface area contributed by atoms with E-state index in [1.807, 2.05) is 17.0 Å². The molecule has 0 bridgehead atoms. The van der Waals surface area contributed by atoms with Crippen LogP contribution in [0.1, 0.15) is 30.5 Å². The van der Waals surface area contributed by atoms with Crippen LogP contribution < -0.4 is 9.80 Å². The average Bonchev–Trinajstić information content (AvgIpc) is 3.26. The number of carbonyl (C=O) groups excluding carboxylic acids is 1. The molecule has 1 aromatic heterocycles. The molecule has 9 heteroatoms. The quantitative estimate of drug-likeness (QED) is 0.497. The predicted octanol–water partition coefficient (Wildman–Crippen LogP) is 2.39. The molecule has 7 nitrogen and oxygen atoms in total. The third-order valence-electron chi connectivity index (χ3n) is 8.19. The number of anilines is 2. The lowest BCUT2D eigenvalue weighted by Gasteiger charge is -2.55. The number of amides is 1. The first-order chi connectivity index (χ1) is 16.5. The van der Waals surface area contributed by atoms with Crippen molar-refractivity contribution in [2.24, 2.45) is 0 Å². The van der Waals surface area contributed by atoms with Crippen molar-refractivity contribution in [3.05, 3.63) is 42.1 Å². The molecule has 182 valence electrons. The number of pyridine rings is 1. The summed E-state index contributed by atoms with van der Waals surface area (Å²) in [5.74, 6) is 0.619. The van der Waals surface area contributed by atoms with Crippen molar-refractivity contribution < 1.29 is 18.3 Å². The first-order valence-corrected chi connectivity index (χ1v) is 12.3. The summed E-state index contributed by atoms with van der Waals surface area (Å²) < 4.78 is 34.0. The van der Waals surface area contributed by atoms with Gasteiger partial charge in [-0.2, -0.15) is 0 Å². The van der Waals surface area contributed by atoms with E-state index in [0.717, 1.165) is 38.2 Å². The molecule has 2 atom stereocenters. The zero-order chi connectivity index (χ0) is 23.4. The lowest BCUT2D eigenvalue weighted by atomic mass is 9.90. The summed E-state index contributed by atoms with van der Waals surface area (Å²) in [6.45, 7) is 9.43. The minimum atomic E-state index is -2.59. The van der Waals surface area contributed by atoms with Gasteiger partial charge in [0.15, 0.2) is 0 Å². The number of nitrogens with zero attached hydrogens (tertiary/aromatic N) is 5. The van der Waals surface area contributed by atoms with Crippen molar-refractivity contribution in [1.29, 1.82) is 0 Å². The monoisotopic (exact) mass is 471 g/mol. The maximum absolute atomic E-state index is 14.1. The number of hydrogen-bond acceptors (Lipinski definition) is 6. The van der Waals surface area contributed by atoms with E-state index in [2.05, 4.69) is 32.3 Å². The van der Waals surface area contributed by atoms with Crippen LogP contribution >= 0.6 is 0 Å². The molecule has 0 aliphatic carbocycles. The topological polar surface area (TPSA) is 52.2 Å². The molecule has 1 spiro atoms. The Morgan fingerprint density at radius 3 is 2.71 bits per heavy atom. The molecular weight excluding hydrogens is 440 g/mol. The van der Waals surface area contributed by atoms with Gasteiger partial charge < -0.3 is 19.4 Å². The second kappa shape index (κ2) is 8.30. The number of rotatable bonds is 4. The highest BCUT2D eigenvalue weighted by atomic mass is 19.3. The summed E-state index contributed by atoms with van der Waals surface area (Å²) in [4.78, 5) is 25.1. The van der Waals surface area contributed by atoms with E-state index in [4.69, 9.17) is 4.74 Å². The molecule has 1 aromatic rings. The minimum Gasteiger partial charge on any atom is -0.365 e. The first-order valence-electron chi connectivity index (χ1n) is 12.3. The van der Waals surface area contributed by atoms with Gasteiger partial charge in [0.25, 0.3) is 6.43 Å². The normalized spacial score (nSPS) is 27.8. The fraction of sp³-hybridized carbons (Fsp3) is 0.600. The summed E-state index contributed by atoms with van der Waals surface area (Å²) in [7, 11) is 0. The van der Waals surface area contributed by atoms with Crippen molar-refractivity contribution >= 4 is 17.4 Å². The van der Waals surface area contributed by atoms with E-state index in [9.17, 15) is 13.6 Å². The Labute approximate surface area is 198 Å². The summed E-state index contributed by atoms with van der Waals surface area (Å²) >= 11 is 0. The Balaban J connectivity index is 1.22. The Morgan fingerprint density at radius 2 is 2.03 bits per heavy atom. The van der Waals surface area contributed by atoms with Crippen molar-refractivity contribution in [2.45, 2.75) is 43.4 Å². The van der Waals surface area contributed by atoms with Crippen molar-refractivity contribution in [3.8, 4) is 0 Å². The maximum atomic E-state index is 14.1. The number of halogens is 2. The molecule has 0 saturated carbocycles. The van der Waals surface area contributed by atoms with E-state index < -0.39 is 6.43 Å². The molecule has 0 aromatic carbocycles. The van der Waals surface area contributed by atoms with Gasteiger partial charge in [-0.1, -0.05) is 18.7 Å². The molecule has 0 N–H and O–H groups in total. The lowest BCUT2D eigenvalue weighted by Crippen LogP contribution is -2.69. The van der Waals surface area contributed by atoms with Gasteiger partial charge in [-0.3, -0.25) is 9.69 Å². The number of aromatic nitrogens is 1. The lowest BCUT2D eigenvalue weighted by molar-refractivity contribution is -0.128. The van der Waals surface area contributed by atoms with Crippen LogP contribution in [0.25, 0.3) is 0 Å². The van der Waals surface area contributed by atoms with E-state index >= 15 is 0 Å². The third kappa shape index (κ3) is 3.51. The third-order valence-corrected chi connectivity index (χ3v) is 8.19. The summed E-state index contributed by atoms with van der Waals surface area (Å²) in [5.41, 5.74) is 1.31. The van der Waals surface area contributed by atoms with Crippen LogP contribution in [0.3, 0.4) is 0 Å². The van der Waals surface area contributed by atoms with E-state index in [1.54, 1.807) is 0 Å². The number of fused-ring (bicyclic) bond motifs is 3. The van der Waals surface area contributed by atoms with Crippen LogP contribution in [-0.2, 0) is 16.0 Å². The van der Waals surface area contributed by atoms with Gasteiger partial charge in [-0.25, -0.2) is 13.8 Å². The predicted molar refractivity (Wildman–Crippen MR) is 125 cm³/mol. The number of alkyl halides is 2. The Kier molecular flexibility index (Phi) is 5.37. The van der Waals surface area contributed by atoms with E-state index in [1.165, 1.54) is 6.08 Å². The largest absolute Gasteiger partial charge is 0.365 e. The number of piperazine rings is 1. The van der Waals surface area contributed by atoms with Gasteiger partial charge in [0.1, 0.15) is 17.1 Å². The molecule has 5 aliphatic rings. The van der Waals surface area contributed by atoms with Crippen LogP contribution in [0, 0.1) is 0 Å². The maximum Gasteiger partial charge on any atom is 0.280 e. The number of carbonyl (C=O) groups is 1. The smallest absolute Gasteiger partial charge is 0.280 e. The Hall–Kier alpha value is -2.52. The van der Waals surface area contributed by atoms with Crippen LogP contribution in [0.4, 0.5) is 20.3 Å². The standard InChI is InChI=1S/C25H31F2N5O2/c1-2-22(33)30-10-8-29(9-11-30)20-14-32-18(20)6-3-5-17-19(32)13-21(28-23(17)24(26)27)31-15-25(16-31)7-4-12-34-25/h2,4,7,13,18,20,24H,1,3,5-6,8-12,14-16H2/t18-,20+/m0/s1. The molecule has 0 unspecified atom stereocenters. The molecule has 3 saturated heterocycles. The molecule has 5 aliphatic heterocycles. The highest BCUT2D eigenvalue weighted by molar-refractivity contribution is 5.87. The van der Waals surface area contributed by atoms with Crippen LogP contribution in [0.2, 0.25) is 0 Å². The van der Waals surface area contributed by atoms with Gasteiger partial charge in [-0.15, -0.1) is 0 Å². The van der Waals surface area contributed by atoms with Crippen LogP contribution in [-0.4, -0.2) is 90.8 Å². The fourth-order valence-electron chi connectivity index (χ4n) is 6.31. The second-order valence-corrected chi connectivity index (χ2v) is 10.0. The number of hydrogen-bond donors (Lipinski definition) is 0. The van der Waals surface area contributed by atoms with Crippen molar-refractivity contribution in [3.63, 3.8) is 0 Å². The zero-order valence-electron chi connectivity index (χ0n) is 19.3. The molecule has 34 heavy (non-hydrogen) atoms. The SMILES string of the molecule is C=CC(=O)N1CCN([C@@H]2CN3c4cc(N5CC6(C=CCO6)C5)nc(C(F)F)c4CCC[C@@H]23)CC1. The van der Waals surface area contributed by atoms with Crippen LogP contribution in [0.15, 0.2) is 30.9 Å². The fourth-order valence-corrected chi connectivity index (χ4v) is 6.31. The van der Waals surface area contributed by atoms with Crippen molar-refractivity contribution in [1.82, 2.24) is 14.8 Å². The molecule has 0 radical (unpaired) electrons. The van der Waals surface area contributed by atoms with Gasteiger partial charge in [-0.05, 0) is 25.3 Å². The average molecular weight is 472 g/mol. The highest BCUT2D eigenvalue weighted by Gasteiger charge is 2.47. The van der Waals surface area contributed by atoms with Crippen molar-refractivity contribution in [2.75, 3.05) is 62.2 Å². The van der Waals surface area contributed by atoms with Gasteiger partial charge >= 0.3 is 0 Å². The summed E-state index contributed by atoms with van der Waals surface area (Å²) in [5, 5.41) is 0. The Morgan fingerprint density at radius 1 is 1.24 bits per heavy atom. The van der Waals surface area contributed by atoms with Gasteiger partial charge in [0.05, 0.1) is 19.7 Å². The highest BCUT2D eigenvalue weighted by Crippen LogP contribution is 2.44. The summed E-state index contributed by atoms with van der Waals surface area (Å²) in [6, 6.07) is 2.73. The molecule has 6 heterocycles. The molecule has 1 amide bonds. The van der Waals surface area contributed by atoms with E-state index in [0.29, 0.717) is 62.7 Å². The minimum absolute atomic E-state index is 0.0101. The second-order valence-electron chi connectivity index (χ2n) is 10.0. The van der Waals surface area contributed by atoms with Gasteiger partial charge in [0.2, 0.25) is 5.91 Å². The zero-order valence-corrected chi connectivity index (χ0v) is 19.3. The molecular formula is C25H31F2N5O2. The Bertz CT molecular complexity index is 1020. The number of ether oxygens (including phenoxy) is 1. The van der Waals surface area contributed by atoms with Crippen LogP contribution in [0.5, 0.6) is 0 Å². The first kappa shape index (κ1) is 22.0. The van der Waals surface area contributed by atoms with Gasteiger partial charge in [0, 0.05) is 62.1 Å².